The molecule has 2 aromatic rings. The lowest BCUT2D eigenvalue weighted by atomic mass is 10.1. The Kier molecular flexibility index (Phi) is 8.50. The van der Waals surface area contributed by atoms with Crippen molar-refractivity contribution in [3.8, 4) is 0 Å². The van der Waals surface area contributed by atoms with Crippen molar-refractivity contribution in [3.05, 3.63) is 63.6 Å². The van der Waals surface area contributed by atoms with Crippen LogP contribution in [-0.2, 0) is 9.53 Å². The molecule has 7 nitrogen and oxygen atoms in total. The van der Waals surface area contributed by atoms with E-state index in [-0.39, 0.29) is 23.3 Å². The number of ether oxygens (including phenoxy) is 1. The van der Waals surface area contributed by atoms with Crippen LogP contribution in [0.2, 0.25) is 10.0 Å². The van der Waals surface area contributed by atoms with E-state index in [2.05, 4.69) is 16.0 Å². The molecule has 1 atom stereocenters. The second-order valence-electron chi connectivity index (χ2n) is 6.84. The van der Waals surface area contributed by atoms with Crippen molar-refractivity contribution in [1.29, 1.82) is 0 Å². The van der Waals surface area contributed by atoms with Crippen LogP contribution in [0.1, 0.15) is 42.7 Å². The molecule has 0 aliphatic carbocycles. The van der Waals surface area contributed by atoms with Crippen molar-refractivity contribution >= 4 is 46.8 Å². The van der Waals surface area contributed by atoms with Crippen molar-refractivity contribution in [3.63, 3.8) is 0 Å². The fourth-order valence-electron chi connectivity index (χ4n) is 2.55. The van der Waals surface area contributed by atoms with E-state index in [1.807, 2.05) is 13.8 Å². The molecular weight excluding hydrogens is 429 g/mol. The molecule has 0 saturated heterocycles. The lowest BCUT2D eigenvalue weighted by molar-refractivity contribution is -0.124. The van der Waals surface area contributed by atoms with E-state index in [1.54, 1.807) is 43.3 Å². The van der Waals surface area contributed by atoms with Gasteiger partial charge in [-0.3, -0.25) is 4.79 Å². The Morgan fingerprint density at radius 2 is 1.67 bits per heavy atom. The molecule has 9 heteroatoms. The minimum atomic E-state index is -0.729. The zero-order valence-electron chi connectivity index (χ0n) is 16.8. The van der Waals surface area contributed by atoms with E-state index in [1.165, 1.54) is 6.07 Å². The highest BCUT2D eigenvalue weighted by atomic mass is 35.5. The maximum absolute atomic E-state index is 12.4. The van der Waals surface area contributed by atoms with Gasteiger partial charge in [-0.2, -0.15) is 0 Å². The summed E-state index contributed by atoms with van der Waals surface area (Å²) in [5.74, 6) is -1.21. The molecule has 2 rings (SSSR count). The predicted molar refractivity (Wildman–Crippen MR) is 117 cm³/mol. The average molecular weight is 452 g/mol. The number of benzene rings is 2. The van der Waals surface area contributed by atoms with Gasteiger partial charge >= 0.3 is 12.0 Å². The molecular formula is C21H23Cl2N3O4. The van der Waals surface area contributed by atoms with Gasteiger partial charge in [0.1, 0.15) is 0 Å². The molecule has 1 unspecified atom stereocenters. The molecule has 0 saturated carbocycles. The number of carbonyl (C=O) groups is 3. The monoisotopic (exact) mass is 451 g/mol. The quantitative estimate of drug-likeness (QED) is 0.537. The van der Waals surface area contributed by atoms with Crippen LogP contribution in [0.5, 0.6) is 0 Å². The number of rotatable bonds is 7. The molecule has 0 radical (unpaired) electrons. The summed E-state index contributed by atoms with van der Waals surface area (Å²) in [5.41, 5.74) is 1.18. The number of urea groups is 1. The molecule has 3 N–H and O–H groups in total. The molecule has 30 heavy (non-hydrogen) atoms. The summed E-state index contributed by atoms with van der Waals surface area (Å²) in [6, 6.07) is 10.6. The third-order valence-electron chi connectivity index (χ3n) is 3.97. The third kappa shape index (κ3) is 6.93. The van der Waals surface area contributed by atoms with Crippen LogP contribution in [0.3, 0.4) is 0 Å². The van der Waals surface area contributed by atoms with Gasteiger partial charge in [-0.05, 0) is 50.6 Å². The Balaban J connectivity index is 1.94. The molecule has 0 spiro atoms. The first kappa shape index (κ1) is 23.5. The summed E-state index contributed by atoms with van der Waals surface area (Å²) in [5, 5.41) is 8.79. The summed E-state index contributed by atoms with van der Waals surface area (Å²) in [4.78, 5) is 36.5. The zero-order chi connectivity index (χ0) is 22.3. The molecule has 160 valence electrons. The number of anilines is 1. The Labute approximate surface area is 185 Å². The Bertz CT molecular complexity index is 934. The number of hydrogen-bond donors (Lipinski definition) is 3. The van der Waals surface area contributed by atoms with Crippen LogP contribution < -0.4 is 16.0 Å². The van der Waals surface area contributed by atoms with Crippen molar-refractivity contribution in [2.75, 3.05) is 11.9 Å². The van der Waals surface area contributed by atoms with Crippen LogP contribution in [0.25, 0.3) is 0 Å². The lowest BCUT2D eigenvalue weighted by Gasteiger charge is -2.16. The Morgan fingerprint density at radius 3 is 2.33 bits per heavy atom. The zero-order valence-corrected chi connectivity index (χ0v) is 18.3. The summed E-state index contributed by atoms with van der Waals surface area (Å²) in [6.07, 6.45) is 0. The lowest BCUT2D eigenvalue weighted by Crippen LogP contribution is -2.34. The van der Waals surface area contributed by atoms with Crippen LogP contribution in [0.4, 0.5) is 10.5 Å². The highest BCUT2D eigenvalue weighted by Gasteiger charge is 2.17. The number of nitrogens with one attached hydrogen (secondary N) is 3. The number of carbonyl (C=O) groups excluding carboxylic acids is 3. The van der Waals surface area contributed by atoms with Crippen LogP contribution in [0, 0.1) is 0 Å². The van der Waals surface area contributed by atoms with Crippen LogP contribution in [0.15, 0.2) is 42.5 Å². The van der Waals surface area contributed by atoms with E-state index < -0.39 is 24.5 Å². The maximum atomic E-state index is 12.4. The van der Waals surface area contributed by atoms with Gasteiger partial charge in [0.2, 0.25) is 0 Å². The first-order valence-corrected chi connectivity index (χ1v) is 10.0. The first-order chi connectivity index (χ1) is 14.2. The van der Waals surface area contributed by atoms with E-state index in [0.717, 1.165) is 5.56 Å². The van der Waals surface area contributed by atoms with Gasteiger partial charge in [-0.1, -0.05) is 41.4 Å². The van der Waals surface area contributed by atoms with Crippen molar-refractivity contribution in [2.45, 2.75) is 32.9 Å². The van der Waals surface area contributed by atoms with E-state index >= 15 is 0 Å². The second kappa shape index (κ2) is 10.8. The van der Waals surface area contributed by atoms with E-state index in [4.69, 9.17) is 27.9 Å². The number of para-hydroxylation sites is 1. The predicted octanol–water partition coefficient (Wildman–Crippen LogP) is 4.56. The number of amides is 3. The summed E-state index contributed by atoms with van der Waals surface area (Å²) >= 11 is 11.9. The standard InChI is InChI=1S/C21H23Cl2N3O4/c1-12(2)24-21(29)26-18-7-5-4-6-15(18)20(28)30-11-19(27)25-13(3)14-8-9-16(22)17(23)10-14/h4-10,12-13H,11H2,1-3H3,(H,25,27)(H2,24,26,29). The Morgan fingerprint density at radius 1 is 0.967 bits per heavy atom. The fourth-order valence-corrected chi connectivity index (χ4v) is 2.85. The van der Waals surface area contributed by atoms with Gasteiger partial charge in [-0.25, -0.2) is 9.59 Å². The van der Waals surface area contributed by atoms with Crippen molar-refractivity contribution in [2.24, 2.45) is 0 Å². The van der Waals surface area contributed by atoms with E-state index in [0.29, 0.717) is 10.0 Å². The highest BCUT2D eigenvalue weighted by Crippen LogP contribution is 2.25. The minimum Gasteiger partial charge on any atom is -0.452 e. The summed E-state index contributed by atoms with van der Waals surface area (Å²) in [6.45, 7) is 4.93. The average Bonchev–Trinajstić information content (AvgIpc) is 2.68. The molecule has 2 aromatic carbocycles. The van der Waals surface area contributed by atoms with Gasteiger partial charge < -0.3 is 20.7 Å². The van der Waals surface area contributed by atoms with Gasteiger partial charge in [0.25, 0.3) is 5.91 Å². The molecule has 0 fully saturated rings. The highest BCUT2D eigenvalue weighted by molar-refractivity contribution is 6.42. The summed E-state index contributed by atoms with van der Waals surface area (Å²) < 4.78 is 5.10. The molecule has 0 aliphatic heterocycles. The second-order valence-corrected chi connectivity index (χ2v) is 7.65. The van der Waals surface area contributed by atoms with E-state index in [9.17, 15) is 14.4 Å². The van der Waals surface area contributed by atoms with Crippen molar-refractivity contribution < 1.29 is 19.1 Å². The van der Waals surface area contributed by atoms with Gasteiger partial charge in [0.05, 0.1) is 27.3 Å². The summed E-state index contributed by atoms with van der Waals surface area (Å²) in [7, 11) is 0. The maximum Gasteiger partial charge on any atom is 0.340 e. The van der Waals surface area contributed by atoms with Gasteiger partial charge in [-0.15, -0.1) is 0 Å². The van der Waals surface area contributed by atoms with Crippen LogP contribution in [-0.4, -0.2) is 30.6 Å². The fraction of sp³-hybridized carbons (Fsp3) is 0.286. The smallest absolute Gasteiger partial charge is 0.340 e. The molecule has 0 bridgehead atoms. The molecule has 0 aliphatic rings. The van der Waals surface area contributed by atoms with Crippen LogP contribution >= 0.6 is 23.2 Å². The number of esters is 1. The first-order valence-electron chi connectivity index (χ1n) is 9.25. The van der Waals surface area contributed by atoms with Gasteiger partial charge in [0.15, 0.2) is 6.61 Å². The largest absolute Gasteiger partial charge is 0.452 e. The third-order valence-corrected chi connectivity index (χ3v) is 4.71. The minimum absolute atomic E-state index is 0.0645. The SMILES string of the molecule is CC(C)NC(=O)Nc1ccccc1C(=O)OCC(=O)NC(C)c1ccc(Cl)c(Cl)c1. The normalized spacial score (nSPS) is 11.5. The van der Waals surface area contributed by atoms with Gasteiger partial charge in [0, 0.05) is 6.04 Å². The molecule has 0 aromatic heterocycles. The molecule has 0 heterocycles. The number of hydrogen-bond acceptors (Lipinski definition) is 4. The number of halogens is 2. The molecule has 3 amide bonds. The Hall–Kier alpha value is -2.77. The van der Waals surface area contributed by atoms with Crippen molar-refractivity contribution in [1.82, 2.24) is 10.6 Å². The topological polar surface area (TPSA) is 96.5 Å².